The quantitative estimate of drug-likeness (QED) is 0.310. The minimum atomic E-state index is 0. The van der Waals surface area contributed by atoms with E-state index in [1.54, 1.807) is 0 Å². The van der Waals surface area contributed by atoms with Crippen molar-refractivity contribution >= 4 is 41.3 Å². The fourth-order valence-corrected chi connectivity index (χ4v) is 5.27. The molecular weight excluding hydrogens is 509 g/mol. The predicted octanol–water partition coefficient (Wildman–Crippen LogP) is 3.48. The number of ether oxygens (including phenoxy) is 1. The molecule has 0 radical (unpaired) electrons. The molecule has 0 aliphatic carbocycles. The SMILES string of the molecule is CN=C(NCC(c1ccc(C)s1)N1CCOCC1)NCC(C)(C)N1CCCCC1.I. The van der Waals surface area contributed by atoms with E-state index in [0.29, 0.717) is 6.04 Å². The van der Waals surface area contributed by atoms with Crippen molar-refractivity contribution < 1.29 is 4.74 Å². The summed E-state index contributed by atoms with van der Waals surface area (Å²) < 4.78 is 5.57. The highest BCUT2D eigenvalue weighted by Gasteiger charge is 2.28. The number of aliphatic imine (C=N–C) groups is 1. The van der Waals surface area contributed by atoms with Crippen LogP contribution in [0.5, 0.6) is 0 Å². The lowest BCUT2D eigenvalue weighted by atomic mass is 9.98. The zero-order valence-electron chi connectivity index (χ0n) is 19.1. The number of hydrogen-bond acceptors (Lipinski definition) is 5. The van der Waals surface area contributed by atoms with Gasteiger partial charge in [-0.1, -0.05) is 6.42 Å². The molecule has 2 aliphatic heterocycles. The van der Waals surface area contributed by atoms with E-state index < -0.39 is 0 Å². The second kappa shape index (κ2) is 12.6. The number of thiophene rings is 1. The molecule has 3 heterocycles. The first-order valence-corrected chi connectivity index (χ1v) is 11.9. The van der Waals surface area contributed by atoms with Gasteiger partial charge in [-0.25, -0.2) is 0 Å². The van der Waals surface area contributed by atoms with E-state index in [1.807, 2.05) is 18.4 Å². The van der Waals surface area contributed by atoms with Crippen LogP contribution in [0.1, 0.15) is 48.9 Å². The van der Waals surface area contributed by atoms with E-state index in [9.17, 15) is 0 Å². The van der Waals surface area contributed by atoms with Crippen LogP contribution >= 0.6 is 35.3 Å². The van der Waals surface area contributed by atoms with Crippen LogP contribution in [0.2, 0.25) is 0 Å². The lowest BCUT2D eigenvalue weighted by molar-refractivity contribution is 0.0177. The Balaban J connectivity index is 0.00000320. The molecule has 1 aromatic heterocycles. The Morgan fingerprint density at radius 1 is 1.13 bits per heavy atom. The van der Waals surface area contributed by atoms with Crippen molar-refractivity contribution in [2.75, 3.05) is 59.5 Å². The maximum atomic E-state index is 5.57. The van der Waals surface area contributed by atoms with Crippen molar-refractivity contribution in [3.05, 3.63) is 21.9 Å². The van der Waals surface area contributed by atoms with Crippen LogP contribution in [0.25, 0.3) is 0 Å². The normalized spacial score (nSPS) is 20.5. The average molecular weight is 550 g/mol. The molecule has 1 atom stereocenters. The number of nitrogens with zero attached hydrogens (tertiary/aromatic N) is 3. The van der Waals surface area contributed by atoms with Gasteiger partial charge in [-0.2, -0.15) is 0 Å². The van der Waals surface area contributed by atoms with Gasteiger partial charge in [0.25, 0.3) is 0 Å². The van der Waals surface area contributed by atoms with Gasteiger partial charge in [0.05, 0.1) is 19.3 Å². The van der Waals surface area contributed by atoms with Crippen molar-refractivity contribution in [3.63, 3.8) is 0 Å². The maximum absolute atomic E-state index is 5.57. The first-order valence-electron chi connectivity index (χ1n) is 11.1. The Kier molecular flexibility index (Phi) is 10.8. The summed E-state index contributed by atoms with van der Waals surface area (Å²) in [5, 5.41) is 7.17. The van der Waals surface area contributed by atoms with Crippen LogP contribution in [-0.4, -0.2) is 80.8 Å². The third kappa shape index (κ3) is 7.32. The second-order valence-electron chi connectivity index (χ2n) is 8.78. The number of likely N-dealkylation sites (tertiary alicyclic amines) is 1. The van der Waals surface area contributed by atoms with E-state index in [-0.39, 0.29) is 29.5 Å². The van der Waals surface area contributed by atoms with E-state index in [2.05, 4.69) is 58.3 Å². The number of guanidine groups is 1. The van der Waals surface area contributed by atoms with Crippen molar-refractivity contribution in [3.8, 4) is 0 Å². The number of aryl methyl sites for hydroxylation is 1. The Morgan fingerprint density at radius 3 is 2.43 bits per heavy atom. The van der Waals surface area contributed by atoms with Crippen LogP contribution in [0.4, 0.5) is 0 Å². The molecule has 1 unspecified atom stereocenters. The second-order valence-corrected chi connectivity index (χ2v) is 10.1. The predicted molar refractivity (Wildman–Crippen MR) is 138 cm³/mol. The van der Waals surface area contributed by atoms with Gasteiger partial charge < -0.3 is 15.4 Å². The Morgan fingerprint density at radius 2 is 1.83 bits per heavy atom. The first-order chi connectivity index (χ1) is 14.0. The molecule has 6 nitrogen and oxygen atoms in total. The molecule has 172 valence electrons. The fourth-order valence-electron chi connectivity index (χ4n) is 4.26. The summed E-state index contributed by atoms with van der Waals surface area (Å²) in [6.07, 6.45) is 4.00. The van der Waals surface area contributed by atoms with E-state index >= 15 is 0 Å². The van der Waals surface area contributed by atoms with Gasteiger partial charge in [-0.05, 0) is 58.8 Å². The largest absolute Gasteiger partial charge is 0.379 e. The zero-order chi connectivity index (χ0) is 20.7. The van der Waals surface area contributed by atoms with Gasteiger partial charge in [0.15, 0.2) is 5.96 Å². The maximum Gasteiger partial charge on any atom is 0.191 e. The van der Waals surface area contributed by atoms with Gasteiger partial charge in [-0.3, -0.25) is 14.8 Å². The minimum absolute atomic E-state index is 0. The highest BCUT2D eigenvalue weighted by atomic mass is 127. The Labute approximate surface area is 203 Å². The Bertz CT molecular complexity index is 654. The number of rotatable bonds is 7. The molecule has 2 N–H and O–H groups in total. The van der Waals surface area contributed by atoms with Crippen molar-refractivity contribution in [1.29, 1.82) is 0 Å². The number of halogens is 1. The highest BCUT2D eigenvalue weighted by Crippen LogP contribution is 2.28. The average Bonchev–Trinajstić information content (AvgIpc) is 3.18. The van der Waals surface area contributed by atoms with Gasteiger partial charge in [0.1, 0.15) is 0 Å². The molecule has 3 rings (SSSR count). The number of nitrogens with one attached hydrogen (secondary N) is 2. The van der Waals surface area contributed by atoms with E-state index in [1.165, 1.54) is 42.1 Å². The standard InChI is InChI=1S/C22H39N5OS.HI/c1-18-8-9-20(29-18)19(26-12-14-28-15-13-26)16-24-21(23-4)25-17-22(2,3)27-10-6-5-7-11-27;/h8-9,19H,5-7,10-17H2,1-4H3,(H2,23,24,25);1H. The summed E-state index contributed by atoms with van der Waals surface area (Å²) in [7, 11) is 1.86. The fraction of sp³-hybridized carbons (Fsp3) is 0.773. The van der Waals surface area contributed by atoms with Crippen LogP contribution in [-0.2, 0) is 4.74 Å². The molecule has 0 bridgehead atoms. The van der Waals surface area contributed by atoms with Gasteiger partial charge in [0, 0.05) is 48.5 Å². The van der Waals surface area contributed by atoms with Gasteiger partial charge in [0.2, 0.25) is 0 Å². The molecular formula is C22H40IN5OS. The molecule has 0 aromatic carbocycles. The molecule has 0 saturated carbocycles. The van der Waals surface area contributed by atoms with E-state index in [4.69, 9.17) is 4.74 Å². The third-order valence-corrected chi connectivity index (χ3v) is 7.26. The summed E-state index contributed by atoms with van der Waals surface area (Å²) in [6, 6.07) is 4.85. The van der Waals surface area contributed by atoms with Crippen LogP contribution in [0, 0.1) is 6.92 Å². The summed E-state index contributed by atoms with van der Waals surface area (Å²) >= 11 is 1.90. The van der Waals surface area contributed by atoms with Crippen molar-refractivity contribution in [2.24, 2.45) is 4.99 Å². The molecule has 0 amide bonds. The van der Waals surface area contributed by atoms with Crippen LogP contribution in [0.3, 0.4) is 0 Å². The highest BCUT2D eigenvalue weighted by molar-refractivity contribution is 14.0. The smallest absolute Gasteiger partial charge is 0.191 e. The number of hydrogen-bond donors (Lipinski definition) is 2. The van der Waals surface area contributed by atoms with Crippen LogP contribution in [0.15, 0.2) is 17.1 Å². The molecule has 2 saturated heterocycles. The molecule has 8 heteroatoms. The van der Waals surface area contributed by atoms with Crippen LogP contribution < -0.4 is 10.6 Å². The zero-order valence-corrected chi connectivity index (χ0v) is 22.2. The molecule has 30 heavy (non-hydrogen) atoms. The van der Waals surface area contributed by atoms with Crippen molar-refractivity contribution in [1.82, 2.24) is 20.4 Å². The number of morpholine rings is 1. The monoisotopic (exact) mass is 549 g/mol. The lowest BCUT2D eigenvalue weighted by Crippen LogP contribution is -2.55. The lowest BCUT2D eigenvalue weighted by Gasteiger charge is -2.41. The molecule has 0 spiro atoms. The summed E-state index contributed by atoms with van der Waals surface area (Å²) in [4.78, 5) is 12.4. The van der Waals surface area contributed by atoms with Gasteiger partial charge >= 0.3 is 0 Å². The van der Waals surface area contributed by atoms with Crippen molar-refractivity contribution in [2.45, 2.75) is 51.6 Å². The number of piperidine rings is 1. The molecule has 2 fully saturated rings. The summed E-state index contributed by atoms with van der Waals surface area (Å²) in [6.45, 7) is 14.6. The topological polar surface area (TPSA) is 52.1 Å². The minimum Gasteiger partial charge on any atom is -0.379 e. The summed E-state index contributed by atoms with van der Waals surface area (Å²) in [5.41, 5.74) is 0.131. The first kappa shape index (κ1) is 25.8. The molecule has 1 aromatic rings. The van der Waals surface area contributed by atoms with E-state index in [0.717, 1.165) is 45.4 Å². The third-order valence-electron chi connectivity index (χ3n) is 6.16. The molecule has 2 aliphatic rings. The Hall–Kier alpha value is -0.420. The van der Waals surface area contributed by atoms with Gasteiger partial charge in [-0.15, -0.1) is 35.3 Å². The summed E-state index contributed by atoms with van der Waals surface area (Å²) in [5.74, 6) is 0.890.